The summed E-state index contributed by atoms with van der Waals surface area (Å²) in [5.41, 5.74) is 0.199. The molecule has 0 bridgehead atoms. The van der Waals surface area contributed by atoms with Gasteiger partial charge in [-0.25, -0.2) is 4.98 Å². The Morgan fingerprint density at radius 2 is 2.24 bits per heavy atom. The van der Waals surface area contributed by atoms with Crippen molar-refractivity contribution in [3.05, 3.63) is 29.1 Å². The standard InChI is InChI=1S/C9H8F3N2O3/c1-17-7-4-6(2-3-13-7)5-14(16)8(15)9(10,11)12/h2-4H,5H2,1H3/q-1. The van der Waals surface area contributed by atoms with Gasteiger partial charge in [-0.05, 0) is 11.6 Å². The molecule has 0 aliphatic heterocycles. The maximum Gasteiger partial charge on any atom is 0.470 e. The summed E-state index contributed by atoms with van der Waals surface area (Å²) >= 11 is 0. The van der Waals surface area contributed by atoms with Crippen molar-refractivity contribution in [1.82, 2.24) is 10.0 Å². The van der Waals surface area contributed by atoms with Crippen LogP contribution in [0.25, 0.3) is 0 Å². The molecule has 1 aromatic rings. The lowest BCUT2D eigenvalue weighted by molar-refractivity contribution is -0.183. The summed E-state index contributed by atoms with van der Waals surface area (Å²) in [6.45, 7) is -0.711. The average molecular weight is 249 g/mol. The number of rotatable bonds is 3. The zero-order valence-corrected chi connectivity index (χ0v) is 8.69. The monoisotopic (exact) mass is 249 g/mol. The van der Waals surface area contributed by atoms with Gasteiger partial charge in [-0.15, -0.1) is 0 Å². The van der Waals surface area contributed by atoms with E-state index in [0.29, 0.717) is 0 Å². The molecule has 1 amide bonds. The van der Waals surface area contributed by atoms with Crippen molar-refractivity contribution in [2.45, 2.75) is 12.7 Å². The highest BCUT2D eigenvalue weighted by atomic mass is 19.4. The van der Waals surface area contributed by atoms with E-state index in [2.05, 4.69) is 4.98 Å². The van der Waals surface area contributed by atoms with Crippen LogP contribution in [0.3, 0.4) is 0 Å². The van der Waals surface area contributed by atoms with Gasteiger partial charge in [-0.3, -0.25) is 4.79 Å². The van der Waals surface area contributed by atoms with Crippen molar-refractivity contribution in [3.63, 3.8) is 0 Å². The van der Waals surface area contributed by atoms with E-state index in [9.17, 15) is 23.2 Å². The van der Waals surface area contributed by atoms with Gasteiger partial charge in [0.2, 0.25) is 5.88 Å². The number of hydroxylamine groups is 2. The lowest BCUT2D eigenvalue weighted by atomic mass is 10.2. The number of nitrogens with zero attached hydrogens (tertiary/aromatic N) is 2. The van der Waals surface area contributed by atoms with Crippen molar-refractivity contribution >= 4 is 5.91 Å². The number of pyridine rings is 1. The van der Waals surface area contributed by atoms with Crippen LogP contribution in [0.1, 0.15) is 5.56 Å². The summed E-state index contributed by atoms with van der Waals surface area (Å²) in [7, 11) is 1.32. The first kappa shape index (κ1) is 13.2. The van der Waals surface area contributed by atoms with Crippen molar-refractivity contribution < 1.29 is 22.7 Å². The highest BCUT2D eigenvalue weighted by Crippen LogP contribution is 2.19. The Bertz CT molecular complexity index is 409. The first-order valence-corrected chi connectivity index (χ1v) is 4.39. The summed E-state index contributed by atoms with van der Waals surface area (Å²) in [5.74, 6) is -2.29. The first-order chi connectivity index (χ1) is 7.84. The third-order valence-electron chi connectivity index (χ3n) is 1.80. The Kier molecular flexibility index (Phi) is 3.89. The Hall–Kier alpha value is -1.83. The highest BCUT2D eigenvalue weighted by Gasteiger charge is 2.39. The molecule has 0 unspecified atom stereocenters. The second kappa shape index (κ2) is 5.00. The van der Waals surface area contributed by atoms with Gasteiger partial charge in [0.15, 0.2) is 0 Å². The number of hydrogen-bond donors (Lipinski definition) is 0. The molecule has 1 aromatic heterocycles. The summed E-state index contributed by atoms with van der Waals surface area (Å²) < 4.78 is 40.5. The van der Waals surface area contributed by atoms with Crippen LogP contribution in [-0.4, -0.2) is 29.2 Å². The molecule has 94 valence electrons. The number of hydrogen-bond acceptors (Lipinski definition) is 4. The van der Waals surface area contributed by atoms with Crippen LogP contribution in [0.5, 0.6) is 5.88 Å². The topological polar surface area (TPSA) is 65.5 Å². The maximum absolute atomic E-state index is 11.9. The number of amides is 1. The number of carbonyl (C=O) groups excluding carboxylic acids is 1. The number of halogens is 3. The molecule has 0 spiro atoms. The smallest absolute Gasteiger partial charge is 0.470 e. The van der Waals surface area contributed by atoms with E-state index in [1.807, 2.05) is 0 Å². The second-order valence-corrected chi connectivity index (χ2v) is 3.05. The van der Waals surface area contributed by atoms with Gasteiger partial charge in [-0.1, -0.05) is 0 Å². The van der Waals surface area contributed by atoms with Crippen molar-refractivity contribution in [2.24, 2.45) is 0 Å². The summed E-state index contributed by atoms with van der Waals surface area (Å²) in [6, 6.07) is 2.59. The lowest BCUT2D eigenvalue weighted by Crippen LogP contribution is -2.36. The van der Waals surface area contributed by atoms with E-state index in [0.717, 1.165) is 0 Å². The van der Waals surface area contributed by atoms with Crippen molar-refractivity contribution in [2.75, 3.05) is 7.11 Å². The maximum atomic E-state index is 11.9. The van der Waals surface area contributed by atoms with Crippen molar-refractivity contribution in [3.8, 4) is 5.88 Å². The third-order valence-corrected chi connectivity index (χ3v) is 1.80. The molecular formula is C9H8F3N2O3-. The molecule has 0 saturated carbocycles. The molecular weight excluding hydrogens is 241 g/mol. The molecule has 0 radical (unpaired) electrons. The molecule has 17 heavy (non-hydrogen) atoms. The molecule has 0 fully saturated rings. The molecule has 0 atom stereocenters. The van der Waals surface area contributed by atoms with E-state index in [1.165, 1.54) is 25.4 Å². The molecule has 8 heteroatoms. The Labute approximate surface area is 94.4 Å². The van der Waals surface area contributed by atoms with Gasteiger partial charge in [0.25, 0.3) is 0 Å². The van der Waals surface area contributed by atoms with E-state index < -0.39 is 23.7 Å². The Morgan fingerprint density at radius 3 is 2.76 bits per heavy atom. The second-order valence-electron chi connectivity index (χ2n) is 3.05. The fourth-order valence-electron chi connectivity index (χ4n) is 1.04. The van der Waals surface area contributed by atoms with Crippen molar-refractivity contribution in [1.29, 1.82) is 0 Å². The minimum Gasteiger partial charge on any atom is -0.756 e. The predicted octanol–water partition coefficient (Wildman–Crippen LogP) is 1.48. The number of alkyl halides is 3. The fraction of sp³-hybridized carbons (Fsp3) is 0.333. The molecule has 0 aromatic carbocycles. The van der Waals surface area contributed by atoms with Crippen LogP contribution >= 0.6 is 0 Å². The van der Waals surface area contributed by atoms with Gasteiger partial charge in [0.05, 0.1) is 7.11 Å². The summed E-state index contributed by atoms with van der Waals surface area (Å²) in [6.07, 6.45) is -3.90. The van der Waals surface area contributed by atoms with Crippen LogP contribution in [-0.2, 0) is 11.3 Å². The number of aromatic nitrogens is 1. The largest absolute Gasteiger partial charge is 0.756 e. The van der Waals surface area contributed by atoms with E-state index in [-0.39, 0.29) is 11.4 Å². The van der Waals surface area contributed by atoms with Gasteiger partial charge >= 0.3 is 12.1 Å². The van der Waals surface area contributed by atoms with Gasteiger partial charge in [0.1, 0.15) is 0 Å². The minimum absolute atomic E-state index is 0.148. The van der Waals surface area contributed by atoms with Crippen LogP contribution in [0.4, 0.5) is 13.2 Å². The normalized spacial score (nSPS) is 11.1. The molecule has 1 heterocycles. The molecule has 0 aliphatic carbocycles. The molecule has 5 nitrogen and oxygen atoms in total. The Balaban J connectivity index is 2.74. The third kappa shape index (κ3) is 3.59. The van der Waals surface area contributed by atoms with Gasteiger partial charge in [-0.2, -0.15) is 13.2 Å². The number of ether oxygens (including phenoxy) is 1. The fourth-order valence-corrected chi connectivity index (χ4v) is 1.04. The quantitative estimate of drug-likeness (QED) is 0.761. The highest BCUT2D eigenvalue weighted by molar-refractivity contribution is 5.82. The average Bonchev–Trinajstić information content (AvgIpc) is 2.27. The zero-order valence-electron chi connectivity index (χ0n) is 8.69. The number of methoxy groups -OCH3 is 1. The number of carbonyl (C=O) groups is 1. The first-order valence-electron chi connectivity index (χ1n) is 4.39. The molecule has 0 saturated heterocycles. The Morgan fingerprint density at radius 1 is 1.59 bits per heavy atom. The van der Waals surface area contributed by atoms with Gasteiger partial charge in [0, 0.05) is 18.8 Å². The minimum atomic E-state index is -5.17. The van der Waals surface area contributed by atoms with Crippen LogP contribution in [0.2, 0.25) is 0 Å². The molecule has 1 rings (SSSR count). The van der Waals surface area contributed by atoms with Crippen LogP contribution in [0, 0.1) is 5.21 Å². The van der Waals surface area contributed by atoms with Gasteiger partial charge < -0.3 is 15.0 Å². The summed E-state index contributed by atoms with van der Waals surface area (Å²) in [4.78, 5) is 14.3. The zero-order chi connectivity index (χ0) is 13.1. The van der Waals surface area contributed by atoms with Crippen LogP contribution in [0.15, 0.2) is 18.3 Å². The van der Waals surface area contributed by atoms with Crippen LogP contribution < -0.4 is 4.74 Å². The van der Waals surface area contributed by atoms with E-state index in [1.54, 1.807) is 0 Å². The summed E-state index contributed by atoms with van der Waals surface area (Å²) in [5, 5.41) is 10.3. The lowest BCUT2D eigenvalue weighted by Gasteiger charge is -2.28. The predicted molar refractivity (Wildman–Crippen MR) is 50.8 cm³/mol. The van der Waals surface area contributed by atoms with E-state index >= 15 is 0 Å². The molecule has 0 N–H and O–H groups in total. The van der Waals surface area contributed by atoms with E-state index in [4.69, 9.17) is 4.74 Å². The molecule has 0 aliphatic rings. The SMILES string of the molecule is COc1cc(CN([O-])C(=O)C(F)(F)F)ccn1.